The molecule has 2 fully saturated rings. The molecule has 29 heavy (non-hydrogen) atoms. The van der Waals surface area contributed by atoms with E-state index in [-0.39, 0.29) is 29.7 Å². The van der Waals surface area contributed by atoms with Crippen molar-refractivity contribution in [3.8, 4) is 0 Å². The minimum absolute atomic E-state index is 0.0300. The lowest BCUT2D eigenvalue weighted by Crippen LogP contribution is -2.49. The highest BCUT2D eigenvalue weighted by molar-refractivity contribution is 5.88. The van der Waals surface area contributed by atoms with Crippen LogP contribution in [0.25, 0.3) is 0 Å². The number of carbonyl (C=O) groups excluding carboxylic acids is 2. The molecule has 4 atom stereocenters. The summed E-state index contributed by atoms with van der Waals surface area (Å²) >= 11 is 0. The molecule has 2 amide bonds. The molecule has 0 bridgehead atoms. The van der Waals surface area contributed by atoms with Crippen LogP contribution in [0.1, 0.15) is 50.2 Å². The Balaban J connectivity index is 1.31. The minimum atomic E-state index is -0.406. The summed E-state index contributed by atoms with van der Waals surface area (Å²) in [5, 5.41) is 9.45. The molecular formula is C22H31FN4O2. The molecule has 2 unspecified atom stereocenters. The summed E-state index contributed by atoms with van der Waals surface area (Å²) in [6.45, 7) is 5.39. The van der Waals surface area contributed by atoms with E-state index < -0.39 is 6.04 Å². The lowest BCUT2D eigenvalue weighted by Gasteiger charge is -2.36. The third-order valence-electron chi connectivity index (χ3n) is 6.64. The number of nitrogens with one attached hydrogen (secondary N) is 3. The second-order valence-corrected chi connectivity index (χ2v) is 8.83. The average Bonchev–Trinajstić information content (AvgIpc) is 3.33. The Morgan fingerprint density at radius 2 is 2.00 bits per heavy atom. The summed E-state index contributed by atoms with van der Waals surface area (Å²) in [5.41, 5.74) is 2.36. The Morgan fingerprint density at radius 3 is 2.76 bits per heavy atom. The van der Waals surface area contributed by atoms with Crippen molar-refractivity contribution >= 4 is 17.5 Å². The van der Waals surface area contributed by atoms with Gasteiger partial charge in [-0.1, -0.05) is 6.07 Å². The zero-order valence-corrected chi connectivity index (χ0v) is 17.3. The predicted molar refractivity (Wildman–Crippen MR) is 110 cm³/mol. The molecule has 1 aromatic rings. The van der Waals surface area contributed by atoms with Crippen LogP contribution in [-0.4, -0.2) is 54.0 Å². The van der Waals surface area contributed by atoms with Gasteiger partial charge in [-0.2, -0.15) is 0 Å². The van der Waals surface area contributed by atoms with E-state index in [9.17, 15) is 14.0 Å². The second kappa shape index (κ2) is 8.30. The van der Waals surface area contributed by atoms with Crippen LogP contribution in [0.3, 0.4) is 0 Å². The molecule has 2 heterocycles. The van der Waals surface area contributed by atoms with E-state index in [1.165, 1.54) is 6.07 Å². The van der Waals surface area contributed by atoms with Gasteiger partial charge in [0.05, 0.1) is 0 Å². The molecule has 1 aromatic carbocycles. The number of fused-ring (bicyclic) bond motifs is 1. The lowest BCUT2D eigenvalue weighted by molar-refractivity contribution is -0.123. The van der Waals surface area contributed by atoms with Crippen LogP contribution in [-0.2, 0) is 16.0 Å². The zero-order valence-electron chi connectivity index (χ0n) is 17.3. The van der Waals surface area contributed by atoms with Gasteiger partial charge in [0.2, 0.25) is 11.8 Å². The molecule has 1 saturated carbocycles. The lowest BCUT2D eigenvalue weighted by atomic mass is 9.90. The van der Waals surface area contributed by atoms with Crippen molar-refractivity contribution in [3.05, 3.63) is 29.1 Å². The third kappa shape index (κ3) is 4.39. The summed E-state index contributed by atoms with van der Waals surface area (Å²) < 4.78 is 14.1. The van der Waals surface area contributed by atoms with Crippen LogP contribution < -0.4 is 16.0 Å². The topological polar surface area (TPSA) is 73.5 Å². The number of halogens is 1. The Hall–Kier alpha value is -2.15. The molecule has 1 aliphatic carbocycles. The van der Waals surface area contributed by atoms with E-state index in [0.29, 0.717) is 18.0 Å². The SMILES string of the molecule is CC(=O)NC1CCN([C@H]2CCC[C@@H](NC(=O)C3Cc4c(F)ccc(C)c4N3)C2)C1. The molecule has 4 rings (SSSR count). The van der Waals surface area contributed by atoms with Gasteiger partial charge in [0.1, 0.15) is 11.9 Å². The number of hydrogen-bond donors (Lipinski definition) is 3. The summed E-state index contributed by atoms with van der Waals surface area (Å²) in [4.78, 5) is 26.6. The molecule has 0 radical (unpaired) electrons. The first-order valence-electron chi connectivity index (χ1n) is 10.8. The molecular weight excluding hydrogens is 371 g/mol. The first-order valence-corrected chi connectivity index (χ1v) is 10.8. The Kier molecular flexibility index (Phi) is 5.76. The molecule has 3 aliphatic rings. The standard InChI is InChI=1S/C22H31FN4O2/c1-13-6-7-19(23)18-11-20(26-21(13)18)22(29)25-15-4-3-5-17(10-15)27-9-8-16(12-27)24-14(2)28/h6-7,15-17,20,26H,3-5,8-12H2,1-2H3,(H,24,28)(H,25,29)/t15-,16?,17+,20?/m1/s1. The number of carbonyl (C=O) groups is 2. The highest BCUT2D eigenvalue weighted by atomic mass is 19.1. The van der Waals surface area contributed by atoms with Crippen LogP contribution in [0, 0.1) is 12.7 Å². The summed E-state index contributed by atoms with van der Waals surface area (Å²) in [6, 6.07) is 3.65. The van der Waals surface area contributed by atoms with Crippen molar-refractivity contribution < 1.29 is 14.0 Å². The highest BCUT2D eigenvalue weighted by Crippen LogP contribution is 2.32. The first kappa shape index (κ1) is 20.1. The van der Waals surface area contributed by atoms with Crippen LogP contribution in [0.5, 0.6) is 0 Å². The maximum absolute atomic E-state index is 14.1. The maximum Gasteiger partial charge on any atom is 0.243 e. The van der Waals surface area contributed by atoms with E-state index in [1.807, 2.05) is 6.92 Å². The number of anilines is 1. The van der Waals surface area contributed by atoms with E-state index in [1.54, 1.807) is 13.0 Å². The first-order chi connectivity index (χ1) is 13.9. The molecule has 1 saturated heterocycles. The normalized spacial score (nSPS) is 29.2. The zero-order chi connectivity index (χ0) is 20.5. The fraction of sp³-hybridized carbons (Fsp3) is 0.636. The Bertz CT molecular complexity index is 768. The third-order valence-corrected chi connectivity index (χ3v) is 6.64. The Morgan fingerprint density at radius 1 is 1.17 bits per heavy atom. The van der Waals surface area contributed by atoms with Crippen LogP contribution in [0.4, 0.5) is 10.1 Å². The summed E-state index contributed by atoms with van der Waals surface area (Å²) in [7, 11) is 0. The Labute approximate surface area is 171 Å². The van der Waals surface area contributed by atoms with Gasteiger partial charge < -0.3 is 16.0 Å². The molecule has 6 nitrogen and oxygen atoms in total. The van der Waals surface area contributed by atoms with Crippen molar-refractivity contribution in [2.24, 2.45) is 0 Å². The van der Waals surface area contributed by atoms with Gasteiger partial charge in [-0.3, -0.25) is 14.5 Å². The van der Waals surface area contributed by atoms with Gasteiger partial charge in [-0.25, -0.2) is 4.39 Å². The fourth-order valence-corrected chi connectivity index (χ4v) is 5.18. The number of aryl methyl sites for hydroxylation is 1. The van der Waals surface area contributed by atoms with Crippen LogP contribution in [0.15, 0.2) is 12.1 Å². The number of hydrogen-bond acceptors (Lipinski definition) is 4. The van der Waals surface area contributed by atoms with Crippen molar-refractivity contribution in [1.82, 2.24) is 15.5 Å². The monoisotopic (exact) mass is 402 g/mol. The maximum atomic E-state index is 14.1. The number of likely N-dealkylation sites (tertiary alicyclic amines) is 1. The second-order valence-electron chi connectivity index (χ2n) is 8.83. The van der Waals surface area contributed by atoms with Gasteiger partial charge in [0.15, 0.2) is 0 Å². The van der Waals surface area contributed by atoms with E-state index >= 15 is 0 Å². The van der Waals surface area contributed by atoms with Crippen molar-refractivity contribution in [2.45, 2.75) is 76.5 Å². The van der Waals surface area contributed by atoms with E-state index in [2.05, 4.69) is 20.9 Å². The van der Waals surface area contributed by atoms with Gasteiger partial charge >= 0.3 is 0 Å². The van der Waals surface area contributed by atoms with Crippen LogP contribution in [0.2, 0.25) is 0 Å². The van der Waals surface area contributed by atoms with Crippen molar-refractivity contribution in [2.75, 3.05) is 18.4 Å². The van der Waals surface area contributed by atoms with Gasteiger partial charge in [-0.15, -0.1) is 0 Å². The highest BCUT2D eigenvalue weighted by Gasteiger charge is 2.35. The van der Waals surface area contributed by atoms with Gasteiger partial charge in [-0.05, 0) is 50.7 Å². The number of rotatable bonds is 4. The number of amides is 2. The quantitative estimate of drug-likeness (QED) is 0.721. The largest absolute Gasteiger partial charge is 0.373 e. The smallest absolute Gasteiger partial charge is 0.243 e. The van der Waals surface area contributed by atoms with Crippen molar-refractivity contribution in [3.63, 3.8) is 0 Å². The van der Waals surface area contributed by atoms with E-state index in [0.717, 1.165) is 56.4 Å². The summed E-state index contributed by atoms with van der Waals surface area (Å²) in [6.07, 6.45) is 5.53. The fourth-order valence-electron chi connectivity index (χ4n) is 5.18. The molecule has 7 heteroatoms. The molecule has 2 aliphatic heterocycles. The summed E-state index contributed by atoms with van der Waals surface area (Å²) in [5.74, 6) is -0.251. The number of nitrogens with zero attached hydrogens (tertiary/aromatic N) is 1. The van der Waals surface area contributed by atoms with Crippen LogP contribution >= 0.6 is 0 Å². The predicted octanol–water partition coefficient (Wildman–Crippen LogP) is 2.11. The minimum Gasteiger partial charge on any atom is -0.373 e. The van der Waals surface area contributed by atoms with Crippen molar-refractivity contribution in [1.29, 1.82) is 0 Å². The average molecular weight is 403 g/mol. The molecule has 0 aromatic heterocycles. The van der Waals surface area contributed by atoms with Gasteiger partial charge in [0, 0.05) is 55.8 Å². The molecule has 3 N–H and O–H groups in total. The molecule has 0 spiro atoms. The van der Waals surface area contributed by atoms with Gasteiger partial charge in [0.25, 0.3) is 0 Å². The molecule has 158 valence electrons. The van der Waals surface area contributed by atoms with E-state index in [4.69, 9.17) is 0 Å². The number of benzene rings is 1.